The molecule has 8 nitrogen and oxygen atoms in total. The smallest absolute Gasteiger partial charge is 0.416 e. The number of aryl methyl sites for hydroxylation is 1. The van der Waals surface area contributed by atoms with Crippen LogP contribution in [-0.2, 0) is 11.9 Å². The van der Waals surface area contributed by atoms with Gasteiger partial charge in [-0.25, -0.2) is 4.98 Å². The van der Waals surface area contributed by atoms with Crippen molar-refractivity contribution in [1.82, 2.24) is 21.0 Å². The Morgan fingerprint density at radius 3 is 2.43 bits per heavy atom. The summed E-state index contributed by atoms with van der Waals surface area (Å²) in [5.74, 6) is -0.520. The molecule has 2 amide bonds. The van der Waals surface area contributed by atoms with Crippen molar-refractivity contribution < 1.29 is 31.7 Å². The van der Waals surface area contributed by atoms with Crippen LogP contribution in [0.25, 0.3) is 11.3 Å². The minimum atomic E-state index is -4.50. The van der Waals surface area contributed by atoms with Gasteiger partial charge in [-0.1, -0.05) is 35.1 Å². The zero-order chi connectivity index (χ0) is 25.0. The van der Waals surface area contributed by atoms with Gasteiger partial charge in [-0.3, -0.25) is 20.4 Å². The standard InChI is InChI=1S/C23H17F3N4O4S/c1-13-19(20(34-30-13)14-5-7-15(8-6-14)23(24,25)26)22(32)29-28-21(31)17-10-9-16(33-17)12-35-18-4-2-3-11-27-18/h2-11H,12H2,1H3,(H,28,31)(H,29,32). The summed E-state index contributed by atoms with van der Waals surface area (Å²) in [7, 11) is 0. The maximum atomic E-state index is 12.8. The first-order valence-corrected chi connectivity index (χ1v) is 11.1. The molecule has 0 unspecified atom stereocenters. The number of hydrogen-bond acceptors (Lipinski definition) is 7. The molecule has 12 heteroatoms. The topological polar surface area (TPSA) is 110 Å². The van der Waals surface area contributed by atoms with E-state index in [-0.39, 0.29) is 28.3 Å². The van der Waals surface area contributed by atoms with Crippen molar-refractivity contribution in [2.75, 3.05) is 0 Å². The van der Waals surface area contributed by atoms with Crippen LogP contribution in [0.3, 0.4) is 0 Å². The number of thioether (sulfide) groups is 1. The number of carbonyl (C=O) groups is 2. The van der Waals surface area contributed by atoms with E-state index in [0.29, 0.717) is 11.5 Å². The molecular formula is C23H17F3N4O4S. The average Bonchev–Trinajstić information content (AvgIpc) is 3.48. The summed E-state index contributed by atoms with van der Waals surface area (Å²) >= 11 is 1.43. The highest BCUT2D eigenvalue weighted by molar-refractivity contribution is 7.98. The Hall–Kier alpha value is -4.06. The first-order chi connectivity index (χ1) is 16.7. The van der Waals surface area contributed by atoms with Crippen molar-refractivity contribution in [1.29, 1.82) is 0 Å². The molecule has 0 aliphatic heterocycles. The quantitative estimate of drug-likeness (QED) is 0.281. The number of carbonyl (C=O) groups excluding carboxylic acids is 2. The van der Waals surface area contributed by atoms with Gasteiger partial charge in [0.15, 0.2) is 11.5 Å². The molecule has 2 N–H and O–H groups in total. The SMILES string of the molecule is Cc1noc(-c2ccc(C(F)(F)F)cc2)c1C(=O)NNC(=O)c1ccc(CSc2ccccn2)o1. The number of aromatic nitrogens is 2. The minimum Gasteiger partial charge on any atom is -0.455 e. The molecule has 0 saturated carbocycles. The van der Waals surface area contributed by atoms with Crippen LogP contribution in [0, 0.1) is 6.92 Å². The van der Waals surface area contributed by atoms with Crippen LogP contribution >= 0.6 is 11.8 Å². The number of benzene rings is 1. The van der Waals surface area contributed by atoms with E-state index in [1.165, 1.54) is 36.9 Å². The first kappa shape index (κ1) is 24.1. The molecule has 0 saturated heterocycles. The minimum absolute atomic E-state index is 0.0214. The molecule has 0 aliphatic carbocycles. The zero-order valence-electron chi connectivity index (χ0n) is 18.1. The second-order valence-corrected chi connectivity index (χ2v) is 8.17. The van der Waals surface area contributed by atoms with Gasteiger partial charge in [-0.2, -0.15) is 13.2 Å². The normalized spacial score (nSPS) is 11.3. The van der Waals surface area contributed by atoms with Crippen molar-refractivity contribution in [3.05, 3.63) is 89.1 Å². The monoisotopic (exact) mass is 502 g/mol. The number of hydrogen-bond donors (Lipinski definition) is 2. The lowest BCUT2D eigenvalue weighted by atomic mass is 10.0. The molecule has 4 rings (SSSR count). The van der Waals surface area contributed by atoms with Crippen molar-refractivity contribution >= 4 is 23.6 Å². The van der Waals surface area contributed by atoms with E-state index in [0.717, 1.165) is 17.2 Å². The van der Waals surface area contributed by atoms with E-state index in [4.69, 9.17) is 8.94 Å². The van der Waals surface area contributed by atoms with Crippen LogP contribution in [0.1, 0.15) is 37.9 Å². The fraction of sp³-hybridized carbons (Fsp3) is 0.130. The summed E-state index contributed by atoms with van der Waals surface area (Å²) in [5.41, 5.74) is 4.02. The summed E-state index contributed by atoms with van der Waals surface area (Å²) < 4.78 is 49.1. The molecule has 0 radical (unpaired) electrons. The van der Waals surface area contributed by atoms with Gasteiger partial charge in [0, 0.05) is 11.8 Å². The average molecular weight is 502 g/mol. The van der Waals surface area contributed by atoms with Crippen LogP contribution in [0.5, 0.6) is 0 Å². The van der Waals surface area contributed by atoms with E-state index in [1.807, 2.05) is 12.1 Å². The fourth-order valence-corrected chi connectivity index (χ4v) is 3.79. The molecule has 1 aromatic carbocycles. The molecule has 0 spiro atoms. The lowest BCUT2D eigenvalue weighted by molar-refractivity contribution is -0.137. The highest BCUT2D eigenvalue weighted by Gasteiger charge is 2.30. The zero-order valence-corrected chi connectivity index (χ0v) is 18.9. The number of pyridine rings is 1. The van der Waals surface area contributed by atoms with Crippen LogP contribution in [0.4, 0.5) is 13.2 Å². The number of halogens is 3. The van der Waals surface area contributed by atoms with Gasteiger partial charge in [0.25, 0.3) is 5.91 Å². The molecule has 3 heterocycles. The third-order valence-electron chi connectivity index (χ3n) is 4.74. The number of furan rings is 1. The van der Waals surface area contributed by atoms with E-state index in [2.05, 4.69) is 21.0 Å². The summed E-state index contributed by atoms with van der Waals surface area (Å²) in [6, 6.07) is 12.7. The second-order valence-electron chi connectivity index (χ2n) is 7.18. The Bertz CT molecular complexity index is 1340. The Balaban J connectivity index is 1.39. The van der Waals surface area contributed by atoms with Crippen LogP contribution in [0.2, 0.25) is 0 Å². The van der Waals surface area contributed by atoms with Crippen molar-refractivity contribution in [3.63, 3.8) is 0 Å². The molecule has 0 fully saturated rings. The molecule has 0 atom stereocenters. The Morgan fingerprint density at radius 2 is 1.74 bits per heavy atom. The third-order valence-corrected chi connectivity index (χ3v) is 5.71. The number of rotatable bonds is 6. The van der Waals surface area contributed by atoms with Crippen LogP contribution in [-0.4, -0.2) is 22.0 Å². The molecular weight excluding hydrogens is 485 g/mol. The summed E-state index contributed by atoms with van der Waals surface area (Å²) in [6.45, 7) is 1.49. The van der Waals surface area contributed by atoms with Crippen molar-refractivity contribution in [3.8, 4) is 11.3 Å². The molecule has 180 valence electrons. The lowest BCUT2D eigenvalue weighted by Crippen LogP contribution is -2.41. The Labute approximate surface area is 200 Å². The number of hydrazine groups is 1. The van der Waals surface area contributed by atoms with Gasteiger partial charge >= 0.3 is 12.1 Å². The van der Waals surface area contributed by atoms with E-state index < -0.39 is 23.6 Å². The molecule has 35 heavy (non-hydrogen) atoms. The first-order valence-electron chi connectivity index (χ1n) is 10.1. The highest BCUT2D eigenvalue weighted by atomic mass is 32.2. The predicted molar refractivity (Wildman–Crippen MR) is 119 cm³/mol. The van der Waals surface area contributed by atoms with Crippen LogP contribution in [0.15, 0.2) is 74.8 Å². The van der Waals surface area contributed by atoms with Crippen LogP contribution < -0.4 is 10.9 Å². The Morgan fingerprint density at radius 1 is 1.00 bits per heavy atom. The van der Waals surface area contributed by atoms with Gasteiger partial charge in [0.1, 0.15) is 11.3 Å². The summed E-state index contributed by atoms with van der Waals surface area (Å²) in [6.07, 6.45) is -2.82. The maximum Gasteiger partial charge on any atom is 0.416 e. The number of alkyl halides is 3. The van der Waals surface area contributed by atoms with Gasteiger partial charge in [0.05, 0.1) is 22.0 Å². The van der Waals surface area contributed by atoms with Gasteiger partial charge in [-0.05, 0) is 43.3 Å². The molecule has 0 aliphatic rings. The second kappa shape index (κ2) is 10.1. The largest absolute Gasteiger partial charge is 0.455 e. The van der Waals surface area contributed by atoms with E-state index in [9.17, 15) is 22.8 Å². The number of nitrogens with zero attached hydrogens (tertiary/aromatic N) is 2. The predicted octanol–water partition coefficient (Wildman–Crippen LogP) is 5.02. The van der Waals surface area contributed by atoms with Crippen molar-refractivity contribution in [2.45, 2.75) is 23.9 Å². The van der Waals surface area contributed by atoms with E-state index in [1.54, 1.807) is 18.3 Å². The lowest BCUT2D eigenvalue weighted by Gasteiger charge is -2.08. The summed E-state index contributed by atoms with van der Waals surface area (Å²) in [5, 5.41) is 4.52. The summed E-state index contributed by atoms with van der Waals surface area (Å²) in [4.78, 5) is 29.3. The van der Waals surface area contributed by atoms with Gasteiger partial charge < -0.3 is 8.94 Å². The molecule has 3 aromatic heterocycles. The Kier molecular flexibility index (Phi) is 6.92. The number of nitrogens with one attached hydrogen (secondary N) is 2. The molecule has 4 aromatic rings. The fourth-order valence-electron chi connectivity index (χ4n) is 3.04. The van der Waals surface area contributed by atoms with Gasteiger partial charge in [-0.15, -0.1) is 0 Å². The third kappa shape index (κ3) is 5.72. The number of amides is 2. The highest BCUT2D eigenvalue weighted by Crippen LogP contribution is 2.32. The van der Waals surface area contributed by atoms with Crippen molar-refractivity contribution in [2.24, 2.45) is 0 Å². The molecule has 0 bridgehead atoms. The van der Waals surface area contributed by atoms with Gasteiger partial charge in [0.2, 0.25) is 0 Å². The van der Waals surface area contributed by atoms with E-state index >= 15 is 0 Å². The maximum absolute atomic E-state index is 12.8.